The van der Waals surface area contributed by atoms with Gasteiger partial charge in [-0.2, -0.15) is 0 Å². The molecule has 0 amide bonds. The van der Waals surface area contributed by atoms with Crippen LogP contribution >= 0.6 is 0 Å². The maximum Gasteiger partial charge on any atom is 0.303 e. The summed E-state index contributed by atoms with van der Waals surface area (Å²) in [5, 5.41) is 16.9. The van der Waals surface area contributed by atoms with Gasteiger partial charge in [0.1, 0.15) is 0 Å². The predicted molar refractivity (Wildman–Crippen MR) is 128 cm³/mol. The summed E-state index contributed by atoms with van der Waals surface area (Å²) in [6, 6.07) is 0. The Morgan fingerprint density at radius 3 is 0.800 bits per heavy atom. The Hall–Kier alpha value is -1.06. The number of hydrogen-bond donors (Lipinski definition) is 2. The highest BCUT2D eigenvalue weighted by atomic mass is 16.4. The molecule has 4 heteroatoms. The van der Waals surface area contributed by atoms with Crippen LogP contribution in [0.15, 0.2) is 0 Å². The van der Waals surface area contributed by atoms with E-state index >= 15 is 0 Å². The van der Waals surface area contributed by atoms with Gasteiger partial charge in [-0.1, -0.05) is 129 Å². The molecule has 180 valence electrons. The van der Waals surface area contributed by atoms with Gasteiger partial charge in [0.15, 0.2) is 0 Å². The Morgan fingerprint density at radius 2 is 0.600 bits per heavy atom. The molecule has 0 aromatic heterocycles. The van der Waals surface area contributed by atoms with E-state index in [4.69, 9.17) is 10.2 Å². The van der Waals surface area contributed by atoms with E-state index in [0.717, 1.165) is 38.5 Å². The lowest BCUT2D eigenvalue weighted by Crippen LogP contribution is -1.94. The van der Waals surface area contributed by atoms with E-state index in [1.54, 1.807) is 0 Å². The van der Waals surface area contributed by atoms with Gasteiger partial charge < -0.3 is 10.2 Å². The molecule has 0 rings (SSSR count). The van der Waals surface area contributed by atoms with E-state index in [1.165, 1.54) is 89.9 Å². The van der Waals surface area contributed by atoms with E-state index in [2.05, 4.69) is 13.8 Å². The Labute approximate surface area is 187 Å². The smallest absolute Gasteiger partial charge is 0.303 e. The minimum atomic E-state index is -0.705. The average molecular weight is 429 g/mol. The SMILES string of the molecule is CCCCCCCCCCCCC.O=C(O)CCCCCCCCCCCC(=O)O. The first kappa shape index (κ1) is 31.1. The van der Waals surface area contributed by atoms with Gasteiger partial charge in [0, 0.05) is 12.8 Å². The summed E-state index contributed by atoms with van der Waals surface area (Å²) >= 11 is 0. The van der Waals surface area contributed by atoms with Crippen LogP contribution in [0.2, 0.25) is 0 Å². The first-order valence-corrected chi connectivity index (χ1v) is 13.0. The lowest BCUT2D eigenvalue weighted by molar-refractivity contribution is -0.138. The van der Waals surface area contributed by atoms with Gasteiger partial charge in [0.25, 0.3) is 0 Å². The number of carbonyl (C=O) groups is 2. The second-order valence-electron chi connectivity index (χ2n) is 8.65. The number of carboxylic acids is 2. The highest BCUT2D eigenvalue weighted by molar-refractivity contribution is 5.66. The van der Waals surface area contributed by atoms with Gasteiger partial charge in [0.05, 0.1) is 0 Å². The van der Waals surface area contributed by atoms with Gasteiger partial charge in [0.2, 0.25) is 0 Å². The number of unbranched alkanes of at least 4 members (excludes halogenated alkanes) is 18. The molecule has 4 nitrogen and oxygen atoms in total. The molecule has 0 fully saturated rings. The fourth-order valence-corrected chi connectivity index (χ4v) is 3.53. The Bertz CT molecular complexity index is 323. The van der Waals surface area contributed by atoms with E-state index < -0.39 is 11.9 Å². The van der Waals surface area contributed by atoms with Crippen molar-refractivity contribution in [3.63, 3.8) is 0 Å². The summed E-state index contributed by atoms with van der Waals surface area (Å²) in [4.78, 5) is 20.5. The molecular weight excluding hydrogens is 376 g/mol. The summed E-state index contributed by atoms with van der Waals surface area (Å²) in [5.41, 5.74) is 0. The van der Waals surface area contributed by atoms with Gasteiger partial charge in [-0.05, 0) is 12.8 Å². The number of hydrogen-bond acceptors (Lipinski definition) is 2. The van der Waals surface area contributed by atoms with Crippen LogP contribution in [-0.2, 0) is 9.59 Å². The maximum absolute atomic E-state index is 10.2. The average Bonchev–Trinajstić information content (AvgIpc) is 2.71. The molecule has 0 radical (unpaired) electrons. The predicted octanol–water partition coefficient (Wildman–Crippen LogP) is 8.76. The van der Waals surface area contributed by atoms with Crippen LogP contribution in [0.5, 0.6) is 0 Å². The van der Waals surface area contributed by atoms with Crippen LogP contribution in [0.25, 0.3) is 0 Å². The lowest BCUT2D eigenvalue weighted by Gasteiger charge is -2.01. The summed E-state index contributed by atoms with van der Waals surface area (Å²) in [7, 11) is 0. The quantitative estimate of drug-likeness (QED) is 0.169. The maximum atomic E-state index is 10.2. The van der Waals surface area contributed by atoms with Crippen molar-refractivity contribution in [2.75, 3.05) is 0 Å². The summed E-state index contributed by atoms with van der Waals surface area (Å²) in [6.45, 7) is 4.56. The van der Waals surface area contributed by atoms with Gasteiger partial charge in [-0.25, -0.2) is 0 Å². The monoisotopic (exact) mass is 428 g/mol. The fourth-order valence-electron chi connectivity index (χ4n) is 3.53. The van der Waals surface area contributed by atoms with Crippen molar-refractivity contribution in [2.45, 2.75) is 155 Å². The van der Waals surface area contributed by atoms with E-state index in [0.29, 0.717) is 0 Å². The van der Waals surface area contributed by atoms with Crippen molar-refractivity contribution in [3.8, 4) is 0 Å². The first-order chi connectivity index (χ1) is 14.5. The molecule has 0 atom stereocenters. The second kappa shape index (κ2) is 27.9. The topological polar surface area (TPSA) is 74.6 Å². The van der Waals surface area contributed by atoms with Gasteiger partial charge >= 0.3 is 11.9 Å². The molecule has 0 unspecified atom stereocenters. The molecule has 2 N–H and O–H groups in total. The number of carboxylic acid groups (broad SMARTS) is 2. The van der Waals surface area contributed by atoms with Crippen molar-refractivity contribution in [3.05, 3.63) is 0 Å². The summed E-state index contributed by atoms with van der Waals surface area (Å²) in [5.74, 6) is -1.41. The molecule has 30 heavy (non-hydrogen) atoms. The largest absolute Gasteiger partial charge is 0.481 e. The first-order valence-electron chi connectivity index (χ1n) is 13.0. The van der Waals surface area contributed by atoms with Gasteiger partial charge in [-0.3, -0.25) is 9.59 Å². The molecule has 0 aliphatic carbocycles. The van der Waals surface area contributed by atoms with Crippen LogP contribution < -0.4 is 0 Å². The zero-order valence-electron chi connectivity index (χ0n) is 20.3. The van der Waals surface area contributed by atoms with Crippen molar-refractivity contribution in [1.29, 1.82) is 0 Å². The van der Waals surface area contributed by atoms with Crippen molar-refractivity contribution in [2.24, 2.45) is 0 Å². The highest BCUT2D eigenvalue weighted by Crippen LogP contribution is 2.12. The minimum Gasteiger partial charge on any atom is -0.481 e. The van der Waals surface area contributed by atoms with Crippen LogP contribution in [0.1, 0.15) is 155 Å². The lowest BCUT2D eigenvalue weighted by atomic mass is 10.1. The molecule has 0 bridgehead atoms. The number of rotatable bonds is 22. The van der Waals surface area contributed by atoms with E-state index in [1.807, 2.05) is 0 Å². The zero-order chi connectivity index (χ0) is 22.7. The second-order valence-corrected chi connectivity index (χ2v) is 8.65. The normalized spacial score (nSPS) is 10.5. The van der Waals surface area contributed by atoms with Crippen LogP contribution in [0, 0.1) is 0 Å². The van der Waals surface area contributed by atoms with Crippen molar-refractivity contribution < 1.29 is 19.8 Å². The molecule has 0 aliphatic rings. The van der Waals surface area contributed by atoms with Crippen LogP contribution in [0.3, 0.4) is 0 Å². The number of aliphatic carboxylic acids is 2. The molecular formula is C26H52O4. The van der Waals surface area contributed by atoms with Crippen LogP contribution in [0.4, 0.5) is 0 Å². The summed E-state index contributed by atoms with van der Waals surface area (Å²) < 4.78 is 0. The summed E-state index contributed by atoms with van der Waals surface area (Å²) in [6.07, 6.45) is 25.8. The highest BCUT2D eigenvalue weighted by Gasteiger charge is 1.98. The third-order valence-corrected chi connectivity index (χ3v) is 5.49. The molecule has 0 aromatic rings. The zero-order valence-corrected chi connectivity index (χ0v) is 20.3. The molecule has 0 saturated heterocycles. The standard InChI is InChI=1S/C13H24O4.C13H28/c14-12(15)10-8-6-4-2-1-3-5-7-9-11-13(16)17;1-3-5-7-9-11-13-12-10-8-6-4-2/h1-11H2,(H,14,15)(H,16,17);3-13H2,1-2H3. The molecule has 0 heterocycles. The van der Waals surface area contributed by atoms with Gasteiger partial charge in [-0.15, -0.1) is 0 Å². The minimum absolute atomic E-state index is 0.287. The molecule has 0 saturated carbocycles. The van der Waals surface area contributed by atoms with E-state index in [9.17, 15) is 9.59 Å². The Kier molecular flexibility index (Phi) is 29.0. The molecule has 0 aromatic carbocycles. The molecule has 0 spiro atoms. The molecule has 0 aliphatic heterocycles. The van der Waals surface area contributed by atoms with E-state index in [-0.39, 0.29) is 12.8 Å². The van der Waals surface area contributed by atoms with Crippen molar-refractivity contribution in [1.82, 2.24) is 0 Å². The Morgan fingerprint density at radius 1 is 0.400 bits per heavy atom. The Balaban J connectivity index is 0. The van der Waals surface area contributed by atoms with Crippen LogP contribution in [-0.4, -0.2) is 22.2 Å². The third kappa shape index (κ3) is 34.4. The third-order valence-electron chi connectivity index (χ3n) is 5.49. The van der Waals surface area contributed by atoms with Crippen molar-refractivity contribution >= 4 is 11.9 Å². The fraction of sp³-hybridized carbons (Fsp3) is 0.923.